The smallest absolute Gasteiger partial charge is 0.145 e. The van der Waals surface area contributed by atoms with Crippen LogP contribution in [0.1, 0.15) is 5.56 Å². The Balaban J connectivity index is 1.35. The van der Waals surface area contributed by atoms with Gasteiger partial charge in [0.25, 0.3) is 0 Å². The minimum Gasteiger partial charge on any atom is -0.292 e. The lowest BCUT2D eigenvalue weighted by atomic mass is 10.00. The molecule has 0 spiro atoms. The lowest BCUT2D eigenvalue weighted by Gasteiger charge is -2.13. The average molecular weight is 514 g/mol. The van der Waals surface area contributed by atoms with Crippen LogP contribution in [-0.4, -0.2) is 14.5 Å². The summed E-state index contributed by atoms with van der Waals surface area (Å²) in [5.41, 5.74) is 11.9. The second kappa shape index (κ2) is 10.1. The third-order valence-corrected chi connectivity index (χ3v) is 7.29. The van der Waals surface area contributed by atoms with Crippen LogP contribution >= 0.6 is 0 Å². The summed E-state index contributed by atoms with van der Waals surface area (Å²) in [5.74, 6) is 0.935. The van der Waals surface area contributed by atoms with E-state index in [9.17, 15) is 0 Å². The lowest BCUT2D eigenvalue weighted by molar-refractivity contribution is 1.10. The van der Waals surface area contributed by atoms with E-state index in [1.54, 1.807) is 0 Å². The number of hydrogen-bond acceptors (Lipinski definition) is 2. The van der Waals surface area contributed by atoms with Crippen molar-refractivity contribution in [2.24, 2.45) is 0 Å². The summed E-state index contributed by atoms with van der Waals surface area (Å²) >= 11 is 0. The summed E-state index contributed by atoms with van der Waals surface area (Å²) in [7, 11) is 0. The Morgan fingerprint density at radius 3 is 1.68 bits per heavy atom. The molecule has 190 valence electrons. The number of benzene rings is 5. The number of aryl methyl sites for hydroxylation is 1. The summed E-state index contributed by atoms with van der Waals surface area (Å²) in [6.07, 6.45) is 0. The van der Waals surface area contributed by atoms with Gasteiger partial charge in [0.15, 0.2) is 0 Å². The van der Waals surface area contributed by atoms with Crippen LogP contribution in [0.15, 0.2) is 146 Å². The standard InChI is InChI=1S/C37H27N3/c1-26-16-18-30(19-17-26)37-39-33-14-8-9-15-36(33)40(37)32-22-20-29(21-23-32)35-25-31(27-10-4-2-5-11-27)24-34(38-35)28-12-6-3-7-13-28/h2-25H,1H3. The van der Waals surface area contributed by atoms with Crippen molar-refractivity contribution in [1.82, 2.24) is 14.5 Å². The Morgan fingerprint density at radius 2 is 1.00 bits per heavy atom. The summed E-state index contributed by atoms with van der Waals surface area (Å²) in [6, 6.07) is 50.8. The van der Waals surface area contributed by atoms with Gasteiger partial charge in [0, 0.05) is 22.4 Å². The van der Waals surface area contributed by atoms with Crippen LogP contribution in [0.5, 0.6) is 0 Å². The fourth-order valence-electron chi connectivity index (χ4n) is 5.20. The summed E-state index contributed by atoms with van der Waals surface area (Å²) in [4.78, 5) is 10.1. The highest BCUT2D eigenvalue weighted by molar-refractivity contribution is 5.84. The van der Waals surface area contributed by atoms with Crippen molar-refractivity contribution in [1.29, 1.82) is 0 Å². The third-order valence-electron chi connectivity index (χ3n) is 7.29. The molecule has 0 atom stereocenters. The van der Waals surface area contributed by atoms with E-state index in [1.165, 1.54) is 11.1 Å². The predicted molar refractivity (Wildman–Crippen MR) is 165 cm³/mol. The van der Waals surface area contributed by atoms with Gasteiger partial charge in [0.2, 0.25) is 0 Å². The number of aromatic nitrogens is 3. The van der Waals surface area contributed by atoms with Crippen molar-refractivity contribution in [2.45, 2.75) is 6.92 Å². The predicted octanol–water partition coefficient (Wildman–Crippen LogP) is 9.40. The molecule has 0 saturated heterocycles. The number of hydrogen-bond donors (Lipinski definition) is 0. The van der Waals surface area contributed by atoms with Crippen LogP contribution in [0.3, 0.4) is 0 Å². The van der Waals surface area contributed by atoms with Gasteiger partial charge in [-0.2, -0.15) is 0 Å². The van der Waals surface area contributed by atoms with Crippen molar-refractivity contribution in [3.8, 4) is 50.7 Å². The number of pyridine rings is 1. The fourth-order valence-corrected chi connectivity index (χ4v) is 5.20. The highest BCUT2D eigenvalue weighted by Crippen LogP contribution is 2.33. The quantitative estimate of drug-likeness (QED) is 0.229. The van der Waals surface area contributed by atoms with Gasteiger partial charge in [-0.15, -0.1) is 0 Å². The van der Waals surface area contributed by atoms with E-state index in [1.807, 2.05) is 18.2 Å². The zero-order valence-electron chi connectivity index (χ0n) is 22.2. The van der Waals surface area contributed by atoms with Crippen LogP contribution in [0.2, 0.25) is 0 Å². The van der Waals surface area contributed by atoms with Crippen molar-refractivity contribution in [3.05, 3.63) is 151 Å². The Kier molecular flexibility index (Phi) is 6.02. The molecule has 0 fully saturated rings. The zero-order chi connectivity index (χ0) is 26.9. The highest BCUT2D eigenvalue weighted by atomic mass is 15.1. The van der Waals surface area contributed by atoms with Gasteiger partial charge >= 0.3 is 0 Å². The van der Waals surface area contributed by atoms with Gasteiger partial charge in [0.05, 0.1) is 22.4 Å². The number of para-hydroxylation sites is 2. The first kappa shape index (κ1) is 23.8. The molecule has 7 rings (SSSR count). The van der Waals surface area contributed by atoms with Gasteiger partial charge in [-0.05, 0) is 54.4 Å². The molecular formula is C37H27N3. The van der Waals surface area contributed by atoms with Crippen LogP contribution in [0.4, 0.5) is 0 Å². The molecule has 0 aliphatic heterocycles. The second-order valence-electron chi connectivity index (χ2n) is 10.0. The molecular weight excluding hydrogens is 486 g/mol. The van der Waals surface area contributed by atoms with E-state index in [2.05, 4.69) is 139 Å². The van der Waals surface area contributed by atoms with Crippen molar-refractivity contribution < 1.29 is 0 Å². The van der Waals surface area contributed by atoms with Crippen LogP contribution in [-0.2, 0) is 0 Å². The van der Waals surface area contributed by atoms with E-state index >= 15 is 0 Å². The van der Waals surface area contributed by atoms with E-state index < -0.39 is 0 Å². The molecule has 0 N–H and O–H groups in total. The second-order valence-corrected chi connectivity index (χ2v) is 10.0. The molecule has 3 heteroatoms. The van der Waals surface area contributed by atoms with Gasteiger partial charge in [-0.1, -0.05) is 115 Å². The molecule has 0 radical (unpaired) electrons. The van der Waals surface area contributed by atoms with Gasteiger partial charge in [-0.25, -0.2) is 9.97 Å². The molecule has 2 aromatic heterocycles. The molecule has 7 aromatic rings. The fraction of sp³-hybridized carbons (Fsp3) is 0.0270. The Hall–Kier alpha value is -5.28. The maximum Gasteiger partial charge on any atom is 0.145 e. The van der Waals surface area contributed by atoms with Crippen molar-refractivity contribution >= 4 is 11.0 Å². The summed E-state index contributed by atoms with van der Waals surface area (Å²) in [5, 5.41) is 0. The van der Waals surface area contributed by atoms with Gasteiger partial charge < -0.3 is 0 Å². The Morgan fingerprint density at radius 1 is 0.450 bits per heavy atom. The molecule has 5 aromatic carbocycles. The Bertz CT molecular complexity index is 1860. The van der Waals surface area contributed by atoms with Gasteiger partial charge in [0.1, 0.15) is 5.82 Å². The third kappa shape index (κ3) is 4.48. The summed E-state index contributed by atoms with van der Waals surface area (Å²) < 4.78 is 2.24. The molecule has 2 heterocycles. The van der Waals surface area contributed by atoms with Crippen molar-refractivity contribution in [3.63, 3.8) is 0 Å². The van der Waals surface area contributed by atoms with Crippen LogP contribution < -0.4 is 0 Å². The minimum absolute atomic E-state index is 0.935. The minimum atomic E-state index is 0.935. The molecule has 0 aliphatic carbocycles. The zero-order valence-corrected chi connectivity index (χ0v) is 22.2. The number of imidazole rings is 1. The topological polar surface area (TPSA) is 30.7 Å². The molecule has 40 heavy (non-hydrogen) atoms. The van der Waals surface area contributed by atoms with Crippen LogP contribution in [0, 0.1) is 6.92 Å². The monoisotopic (exact) mass is 513 g/mol. The maximum atomic E-state index is 5.10. The SMILES string of the molecule is Cc1ccc(-c2nc3ccccc3n2-c2ccc(-c3cc(-c4ccccc4)cc(-c4ccccc4)n3)cc2)cc1. The first-order valence-corrected chi connectivity index (χ1v) is 13.5. The number of rotatable bonds is 5. The summed E-state index contributed by atoms with van der Waals surface area (Å²) in [6.45, 7) is 2.11. The molecule has 0 aliphatic rings. The Labute approximate surface area is 234 Å². The first-order chi connectivity index (χ1) is 19.7. The molecule has 0 saturated carbocycles. The normalized spacial score (nSPS) is 11.1. The molecule has 0 unspecified atom stereocenters. The number of fused-ring (bicyclic) bond motifs is 1. The van der Waals surface area contributed by atoms with E-state index in [4.69, 9.17) is 9.97 Å². The van der Waals surface area contributed by atoms with Gasteiger partial charge in [-0.3, -0.25) is 4.57 Å². The van der Waals surface area contributed by atoms with E-state index in [-0.39, 0.29) is 0 Å². The van der Waals surface area contributed by atoms with E-state index in [0.29, 0.717) is 0 Å². The first-order valence-electron chi connectivity index (χ1n) is 13.5. The molecule has 3 nitrogen and oxygen atoms in total. The molecule has 0 amide bonds. The maximum absolute atomic E-state index is 5.10. The van der Waals surface area contributed by atoms with E-state index in [0.717, 1.165) is 56.2 Å². The number of nitrogens with zero attached hydrogens (tertiary/aromatic N) is 3. The highest BCUT2D eigenvalue weighted by Gasteiger charge is 2.15. The van der Waals surface area contributed by atoms with Crippen molar-refractivity contribution in [2.75, 3.05) is 0 Å². The van der Waals surface area contributed by atoms with Crippen LogP contribution in [0.25, 0.3) is 61.8 Å². The average Bonchev–Trinajstić information content (AvgIpc) is 3.42. The lowest BCUT2D eigenvalue weighted by Crippen LogP contribution is -1.98. The largest absolute Gasteiger partial charge is 0.292 e. The molecule has 0 bridgehead atoms.